The zero-order valence-corrected chi connectivity index (χ0v) is 20.0. The number of carbonyl (C=O) groups is 2. The number of carbonyl (C=O) groups excluding carboxylic acids is 2. The van der Waals surface area contributed by atoms with E-state index in [1.165, 1.54) is 5.56 Å². The zero-order valence-electron chi connectivity index (χ0n) is 20.0. The molecule has 0 N–H and O–H groups in total. The highest BCUT2D eigenvalue weighted by Gasteiger charge is 2.47. The molecule has 1 atom stereocenters. The van der Waals surface area contributed by atoms with Crippen LogP contribution in [0.25, 0.3) is 0 Å². The molecule has 3 saturated heterocycles. The van der Waals surface area contributed by atoms with E-state index in [1.54, 1.807) is 0 Å². The summed E-state index contributed by atoms with van der Waals surface area (Å²) in [4.78, 5) is 28.0. The van der Waals surface area contributed by atoms with Crippen molar-refractivity contribution >= 4 is 11.9 Å². The third-order valence-corrected chi connectivity index (χ3v) is 7.45. The molecule has 5 rings (SSSR count). The molecule has 4 aliphatic rings. The van der Waals surface area contributed by atoms with Crippen LogP contribution < -0.4 is 0 Å². The van der Waals surface area contributed by atoms with Gasteiger partial charge in [-0.1, -0.05) is 37.1 Å². The van der Waals surface area contributed by atoms with E-state index in [0.29, 0.717) is 12.3 Å². The molecular formula is C27H39NO4. The summed E-state index contributed by atoms with van der Waals surface area (Å²) in [5.74, 6) is 0.364. The van der Waals surface area contributed by atoms with Crippen molar-refractivity contribution in [2.75, 3.05) is 19.6 Å². The van der Waals surface area contributed by atoms with Gasteiger partial charge in [0.1, 0.15) is 11.7 Å². The molecule has 1 aliphatic carbocycles. The van der Waals surface area contributed by atoms with Gasteiger partial charge in [0.05, 0.1) is 5.41 Å². The maximum absolute atomic E-state index is 13.6. The van der Waals surface area contributed by atoms with Gasteiger partial charge in [0.25, 0.3) is 0 Å². The van der Waals surface area contributed by atoms with Crippen LogP contribution in [0.5, 0.6) is 0 Å². The molecule has 0 aromatic heterocycles. The van der Waals surface area contributed by atoms with Crippen LogP contribution in [-0.2, 0) is 30.9 Å². The van der Waals surface area contributed by atoms with Crippen molar-refractivity contribution in [3.8, 4) is 0 Å². The van der Waals surface area contributed by atoms with E-state index in [1.807, 2.05) is 20.8 Å². The van der Waals surface area contributed by atoms with Gasteiger partial charge < -0.3 is 9.47 Å². The fraction of sp³-hybridized carbons (Fsp3) is 0.704. The quantitative estimate of drug-likeness (QED) is 0.569. The summed E-state index contributed by atoms with van der Waals surface area (Å²) in [6.07, 6.45) is 8.19. The third kappa shape index (κ3) is 5.36. The van der Waals surface area contributed by atoms with Gasteiger partial charge in [-0.05, 0) is 89.4 Å². The first kappa shape index (κ1) is 23.3. The van der Waals surface area contributed by atoms with Gasteiger partial charge >= 0.3 is 11.9 Å². The van der Waals surface area contributed by atoms with Crippen LogP contribution in [-0.4, -0.2) is 48.2 Å². The first-order chi connectivity index (χ1) is 15.2. The summed E-state index contributed by atoms with van der Waals surface area (Å²) < 4.78 is 11.6. The molecule has 1 aromatic carbocycles. The summed E-state index contributed by atoms with van der Waals surface area (Å²) in [7, 11) is 0. The summed E-state index contributed by atoms with van der Waals surface area (Å²) in [6, 6.07) is 8.43. The second-order valence-corrected chi connectivity index (χ2v) is 11.0. The van der Waals surface area contributed by atoms with Gasteiger partial charge in [-0.15, -0.1) is 0 Å². The maximum atomic E-state index is 13.6. The lowest BCUT2D eigenvalue weighted by molar-refractivity contribution is -0.166. The first-order valence-corrected chi connectivity index (χ1v) is 12.5. The van der Waals surface area contributed by atoms with E-state index in [-0.39, 0.29) is 18.0 Å². The van der Waals surface area contributed by atoms with Crippen molar-refractivity contribution in [3.63, 3.8) is 0 Å². The Morgan fingerprint density at radius 1 is 1.12 bits per heavy atom. The lowest BCUT2D eigenvalue weighted by Crippen LogP contribution is -2.53. The number of piperidine rings is 3. The van der Waals surface area contributed by atoms with Gasteiger partial charge in [0.15, 0.2) is 0 Å². The van der Waals surface area contributed by atoms with Crippen molar-refractivity contribution in [3.05, 3.63) is 35.4 Å². The number of hydrogen-bond acceptors (Lipinski definition) is 5. The smallest absolute Gasteiger partial charge is 0.316 e. The maximum Gasteiger partial charge on any atom is 0.316 e. The van der Waals surface area contributed by atoms with Crippen molar-refractivity contribution in [1.29, 1.82) is 0 Å². The predicted molar refractivity (Wildman–Crippen MR) is 124 cm³/mol. The average Bonchev–Trinajstić information content (AvgIpc) is 3.25. The minimum Gasteiger partial charge on any atom is -0.460 e. The zero-order chi connectivity index (χ0) is 22.8. The Kier molecular flexibility index (Phi) is 6.94. The van der Waals surface area contributed by atoms with E-state index in [9.17, 15) is 9.59 Å². The second-order valence-electron chi connectivity index (χ2n) is 11.0. The molecule has 176 valence electrons. The molecule has 0 unspecified atom stereocenters. The van der Waals surface area contributed by atoms with Crippen LogP contribution in [0.3, 0.4) is 0 Å². The number of esters is 2. The monoisotopic (exact) mass is 441 g/mol. The Morgan fingerprint density at radius 2 is 1.84 bits per heavy atom. The van der Waals surface area contributed by atoms with Crippen molar-refractivity contribution in [1.82, 2.24) is 4.90 Å². The molecule has 1 aromatic rings. The summed E-state index contributed by atoms with van der Waals surface area (Å²) >= 11 is 0. The van der Waals surface area contributed by atoms with Gasteiger partial charge in [0.2, 0.25) is 0 Å². The topological polar surface area (TPSA) is 55.8 Å². The molecule has 5 heteroatoms. The van der Waals surface area contributed by atoms with E-state index in [4.69, 9.17) is 9.47 Å². The minimum atomic E-state index is -0.507. The molecule has 0 spiro atoms. The number of nitrogens with zero attached hydrogens (tertiary/aromatic N) is 1. The van der Waals surface area contributed by atoms with Gasteiger partial charge in [-0.2, -0.15) is 0 Å². The van der Waals surface area contributed by atoms with Crippen LogP contribution >= 0.6 is 0 Å². The molecule has 3 heterocycles. The number of benzene rings is 1. The lowest BCUT2D eigenvalue weighted by Gasteiger charge is -2.45. The Balaban J connectivity index is 1.41. The normalized spacial score (nSPS) is 26.7. The first-order valence-electron chi connectivity index (χ1n) is 12.5. The fourth-order valence-electron chi connectivity index (χ4n) is 5.74. The number of rotatable bonds is 7. The van der Waals surface area contributed by atoms with Gasteiger partial charge in [-0.3, -0.25) is 14.5 Å². The Hall–Kier alpha value is -1.88. The van der Waals surface area contributed by atoms with Crippen LogP contribution in [0.4, 0.5) is 0 Å². The SMILES string of the molecule is CC(C)(C)OC(=O)CCCc1cccc(C2(C(=O)O[C@H]3CN4CCC3CC4)CCCC2)c1. The van der Waals surface area contributed by atoms with E-state index in [2.05, 4.69) is 29.2 Å². The molecule has 2 bridgehead atoms. The predicted octanol–water partition coefficient (Wildman–Crippen LogP) is 4.80. The molecule has 3 aliphatic heterocycles. The molecule has 0 amide bonds. The third-order valence-electron chi connectivity index (χ3n) is 7.45. The highest BCUT2D eigenvalue weighted by molar-refractivity contribution is 5.84. The van der Waals surface area contributed by atoms with E-state index >= 15 is 0 Å². The second kappa shape index (κ2) is 9.54. The van der Waals surface area contributed by atoms with E-state index < -0.39 is 11.0 Å². The summed E-state index contributed by atoms with van der Waals surface area (Å²) in [6.45, 7) is 8.88. The largest absolute Gasteiger partial charge is 0.460 e. The van der Waals surface area contributed by atoms with Crippen LogP contribution in [0.1, 0.15) is 83.3 Å². The average molecular weight is 442 g/mol. The molecule has 5 nitrogen and oxygen atoms in total. The highest BCUT2D eigenvalue weighted by Crippen LogP contribution is 2.43. The van der Waals surface area contributed by atoms with Crippen LogP contribution in [0.2, 0.25) is 0 Å². The Labute approximate surface area is 192 Å². The van der Waals surface area contributed by atoms with Crippen molar-refractivity contribution in [2.24, 2.45) is 5.92 Å². The Bertz CT molecular complexity index is 813. The number of ether oxygens (including phenoxy) is 2. The van der Waals surface area contributed by atoms with Gasteiger partial charge in [-0.25, -0.2) is 0 Å². The minimum absolute atomic E-state index is 0.0142. The number of fused-ring (bicyclic) bond motifs is 3. The van der Waals surface area contributed by atoms with Crippen molar-refractivity contribution in [2.45, 2.75) is 95.7 Å². The lowest BCUT2D eigenvalue weighted by atomic mass is 9.77. The molecular weight excluding hydrogens is 402 g/mol. The summed E-state index contributed by atoms with van der Waals surface area (Å²) in [5, 5.41) is 0. The molecule has 0 radical (unpaired) electrons. The Morgan fingerprint density at radius 3 is 2.47 bits per heavy atom. The molecule has 1 saturated carbocycles. The van der Waals surface area contributed by atoms with Crippen molar-refractivity contribution < 1.29 is 19.1 Å². The standard InChI is InChI=1S/C27H39NO4/c1-26(2,3)32-24(29)11-7-9-20-8-6-10-22(18-20)27(14-4-5-15-27)25(30)31-23-19-28-16-12-21(23)13-17-28/h6,8,10,18,21,23H,4-5,7,9,11-17,19H2,1-3H3/t23-/m0/s1. The molecule has 32 heavy (non-hydrogen) atoms. The van der Waals surface area contributed by atoms with Crippen LogP contribution in [0.15, 0.2) is 24.3 Å². The van der Waals surface area contributed by atoms with Crippen LogP contribution in [0, 0.1) is 5.92 Å². The highest BCUT2D eigenvalue weighted by atomic mass is 16.6. The number of hydrogen-bond donors (Lipinski definition) is 0. The number of aryl methyl sites for hydroxylation is 1. The summed E-state index contributed by atoms with van der Waals surface area (Å²) in [5.41, 5.74) is 1.32. The van der Waals surface area contributed by atoms with Gasteiger partial charge in [0, 0.05) is 13.0 Å². The fourth-order valence-corrected chi connectivity index (χ4v) is 5.74. The molecule has 4 fully saturated rings. The van der Waals surface area contributed by atoms with E-state index in [0.717, 1.165) is 76.6 Å².